The van der Waals surface area contributed by atoms with Gasteiger partial charge in [0.1, 0.15) is 5.52 Å². The zero-order valence-electron chi connectivity index (χ0n) is 7.11. The van der Waals surface area contributed by atoms with Gasteiger partial charge in [0, 0.05) is 5.57 Å². The Morgan fingerprint density at radius 1 is 1.55 bits per heavy atom. The molecule has 0 aliphatic carbocycles. The number of halogens is 1. The van der Waals surface area contributed by atoms with Crippen molar-refractivity contribution in [2.75, 3.05) is 5.52 Å². The van der Waals surface area contributed by atoms with E-state index in [1.54, 1.807) is 0 Å². The molecule has 0 aliphatic heterocycles. The molecule has 0 aromatic carbocycles. The molecule has 2 nitrogen and oxygen atoms in total. The summed E-state index contributed by atoms with van der Waals surface area (Å²) >= 11 is 3.00. The van der Waals surface area contributed by atoms with Crippen molar-refractivity contribution in [3.63, 3.8) is 0 Å². The Morgan fingerprint density at radius 3 is 2.27 bits per heavy atom. The molecule has 0 aromatic heterocycles. The molecule has 0 unspecified atom stereocenters. The van der Waals surface area contributed by atoms with Crippen LogP contribution in [0.3, 0.4) is 0 Å². The van der Waals surface area contributed by atoms with E-state index in [0.717, 1.165) is 0 Å². The molecule has 11 heavy (non-hydrogen) atoms. The SMILES string of the molecule is C=C(C(=O)OCBr)C(C)(C)C. The monoisotopic (exact) mass is 220 g/mol. The Morgan fingerprint density at radius 2 is 2.00 bits per heavy atom. The maximum Gasteiger partial charge on any atom is 0.334 e. The Hall–Kier alpha value is -0.310. The standard InChI is InChI=1S/C8H13BrO2/c1-6(8(2,3)4)7(10)11-5-9/h1,5H2,2-4H3. The first-order chi connectivity index (χ1) is 4.89. The second-order valence-corrected chi connectivity index (χ2v) is 3.73. The average Bonchev–Trinajstić information content (AvgIpc) is 1.85. The Labute approximate surface area is 75.7 Å². The van der Waals surface area contributed by atoms with Crippen LogP contribution in [0.2, 0.25) is 0 Å². The number of hydrogen-bond donors (Lipinski definition) is 0. The van der Waals surface area contributed by atoms with Crippen LogP contribution in [0.4, 0.5) is 0 Å². The van der Waals surface area contributed by atoms with E-state index in [-0.39, 0.29) is 16.9 Å². The van der Waals surface area contributed by atoms with Gasteiger partial charge in [0.05, 0.1) is 0 Å². The number of rotatable bonds is 2. The predicted molar refractivity (Wildman–Crippen MR) is 48.5 cm³/mol. The molecule has 0 atom stereocenters. The van der Waals surface area contributed by atoms with E-state index in [0.29, 0.717) is 5.57 Å². The van der Waals surface area contributed by atoms with Crippen molar-refractivity contribution in [3.05, 3.63) is 12.2 Å². The van der Waals surface area contributed by atoms with Gasteiger partial charge in [0.15, 0.2) is 0 Å². The van der Waals surface area contributed by atoms with Crippen LogP contribution in [-0.2, 0) is 9.53 Å². The fourth-order valence-corrected chi connectivity index (χ4v) is 0.651. The van der Waals surface area contributed by atoms with Crippen LogP contribution in [-0.4, -0.2) is 11.5 Å². The Balaban J connectivity index is 4.15. The van der Waals surface area contributed by atoms with Gasteiger partial charge < -0.3 is 4.74 Å². The summed E-state index contributed by atoms with van der Waals surface area (Å²) in [5.41, 5.74) is 0.511. The zero-order valence-corrected chi connectivity index (χ0v) is 8.69. The van der Waals surface area contributed by atoms with Crippen LogP contribution in [0.15, 0.2) is 12.2 Å². The number of carbonyl (C=O) groups is 1. The maximum absolute atomic E-state index is 11.0. The molecule has 0 aromatic rings. The number of alkyl halides is 1. The second kappa shape index (κ2) is 3.90. The highest BCUT2D eigenvalue weighted by molar-refractivity contribution is 9.09. The molecule has 0 rings (SSSR count). The first-order valence-electron chi connectivity index (χ1n) is 3.32. The smallest absolute Gasteiger partial charge is 0.334 e. The van der Waals surface area contributed by atoms with Gasteiger partial charge in [0.2, 0.25) is 0 Å². The summed E-state index contributed by atoms with van der Waals surface area (Å²) in [6.45, 7) is 9.41. The van der Waals surface area contributed by atoms with Gasteiger partial charge in [-0.2, -0.15) is 0 Å². The highest BCUT2D eigenvalue weighted by Gasteiger charge is 2.22. The van der Waals surface area contributed by atoms with Crippen LogP contribution in [0.1, 0.15) is 20.8 Å². The third-order valence-corrected chi connectivity index (χ3v) is 1.57. The van der Waals surface area contributed by atoms with Crippen molar-refractivity contribution in [2.45, 2.75) is 20.8 Å². The largest absolute Gasteiger partial charge is 0.451 e. The molecule has 0 saturated carbocycles. The van der Waals surface area contributed by atoms with Gasteiger partial charge in [-0.1, -0.05) is 27.4 Å². The average molecular weight is 221 g/mol. The number of ether oxygens (including phenoxy) is 1. The van der Waals surface area contributed by atoms with Crippen LogP contribution < -0.4 is 0 Å². The molecule has 64 valence electrons. The minimum Gasteiger partial charge on any atom is -0.451 e. The quantitative estimate of drug-likeness (QED) is 0.406. The summed E-state index contributed by atoms with van der Waals surface area (Å²) in [5.74, 6) is -0.339. The molecule has 0 radical (unpaired) electrons. The molecule has 0 bridgehead atoms. The molecule has 0 aliphatic rings. The molecule has 0 amide bonds. The lowest BCUT2D eigenvalue weighted by Crippen LogP contribution is -2.18. The van der Waals surface area contributed by atoms with Crippen molar-refractivity contribution < 1.29 is 9.53 Å². The lowest BCUT2D eigenvalue weighted by Gasteiger charge is -2.19. The van der Waals surface area contributed by atoms with E-state index < -0.39 is 0 Å². The van der Waals surface area contributed by atoms with Crippen molar-refractivity contribution >= 4 is 21.9 Å². The van der Waals surface area contributed by atoms with E-state index >= 15 is 0 Å². The Kier molecular flexibility index (Phi) is 3.79. The second-order valence-electron chi connectivity index (χ2n) is 3.27. The Bertz CT molecular complexity index is 167. The highest BCUT2D eigenvalue weighted by Crippen LogP contribution is 2.24. The molecule has 0 heterocycles. The van der Waals surface area contributed by atoms with Gasteiger partial charge in [-0.25, -0.2) is 4.79 Å². The summed E-state index contributed by atoms with van der Waals surface area (Å²) in [7, 11) is 0. The topological polar surface area (TPSA) is 26.3 Å². The molecule has 0 N–H and O–H groups in total. The van der Waals surface area contributed by atoms with E-state index in [1.807, 2.05) is 20.8 Å². The van der Waals surface area contributed by atoms with Crippen LogP contribution in [0.5, 0.6) is 0 Å². The van der Waals surface area contributed by atoms with Crippen molar-refractivity contribution in [1.29, 1.82) is 0 Å². The third-order valence-electron chi connectivity index (χ3n) is 1.34. The fraction of sp³-hybridized carbons (Fsp3) is 0.625. The first-order valence-corrected chi connectivity index (χ1v) is 4.44. The summed E-state index contributed by atoms with van der Waals surface area (Å²) in [6, 6.07) is 0. The minimum absolute atomic E-state index is 0.209. The van der Waals surface area contributed by atoms with Crippen molar-refractivity contribution in [1.82, 2.24) is 0 Å². The number of esters is 1. The first kappa shape index (κ1) is 10.7. The van der Waals surface area contributed by atoms with Gasteiger partial charge in [-0.3, -0.25) is 0 Å². The zero-order chi connectivity index (χ0) is 9.07. The summed E-state index contributed by atoms with van der Waals surface area (Å²) in [6.07, 6.45) is 0. The van der Waals surface area contributed by atoms with E-state index in [1.165, 1.54) is 0 Å². The van der Waals surface area contributed by atoms with Gasteiger partial charge in [0.25, 0.3) is 0 Å². The fourth-order valence-electron chi connectivity index (χ4n) is 0.443. The van der Waals surface area contributed by atoms with Crippen LogP contribution in [0.25, 0.3) is 0 Å². The van der Waals surface area contributed by atoms with Gasteiger partial charge in [-0.05, 0) is 21.3 Å². The highest BCUT2D eigenvalue weighted by atomic mass is 79.9. The summed E-state index contributed by atoms with van der Waals surface area (Å²) < 4.78 is 4.71. The lowest BCUT2D eigenvalue weighted by atomic mass is 9.88. The van der Waals surface area contributed by atoms with Gasteiger partial charge in [-0.15, -0.1) is 0 Å². The summed E-state index contributed by atoms with van der Waals surface area (Å²) in [5, 5.41) is 0. The lowest BCUT2D eigenvalue weighted by molar-refractivity contribution is -0.137. The van der Waals surface area contributed by atoms with Gasteiger partial charge >= 0.3 is 5.97 Å². The molecular weight excluding hydrogens is 208 g/mol. The normalized spacial score (nSPS) is 10.9. The molecule has 0 saturated heterocycles. The molecule has 0 fully saturated rings. The third kappa shape index (κ3) is 3.56. The molecule has 0 spiro atoms. The number of hydrogen-bond acceptors (Lipinski definition) is 2. The summed E-state index contributed by atoms with van der Waals surface area (Å²) in [4.78, 5) is 11.0. The van der Waals surface area contributed by atoms with E-state index in [2.05, 4.69) is 22.5 Å². The van der Waals surface area contributed by atoms with Crippen molar-refractivity contribution in [3.8, 4) is 0 Å². The predicted octanol–water partition coefficient (Wildman–Crippen LogP) is 2.48. The van der Waals surface area contributed by atoms with E-state index in [4.69, 9.17) is 4.74 Å². The minimum atomic E-state index is -0.339. The van der Waals surface area contributed by atoms with Crippen molar-refractivity contribution in [2.24, 2.45) is 5.41 Å². The van der Waals surface area contributed by atoms with Crippen LogP contribution in [0, 0.1) is 5.41 Å². The van der Waals surface area contributed by atoms with E-state index in [9.17, 15) is 4.79 Å². The van der Waals surface area contributed by atoms with Crippen LogP contribution >= 0.6 is 15.9 Å². The molecular formula is C8H13BrO2. The number of carbonyl (C=O) groups excluding carboxylic acids is 1. The maximum atomic E-state index is 11.0. The molecule has 3 heteroatoms.